The summed E-state index contributed by atoms with van der Waals surface area (Å²) in [6, 6.07) is 2.81. The number of amidine groups is 1. The molecule has 0 saturated carbocycles. The molecule has 0 saturated heterocycles. The smallest absolute Gasteiger partial charge is 0.271 e. The van der Waals surface area contributed by atoms with Crippen LogP contribution >= 0.6 is 23.4 Å². The van der Waals surface area contributed by atoms with Crippen molar-refractivity contribution >= 4 is 39.9 Å². The predicted octanol–water partition coefficient (Wildman–Crippen LogP) is 2.98. The number of hydrogen-bond donors (Lipinski definition) is 1. The molecule has 0 fully saturated rings. The van der Waals surface area contributed by atoms with Gasteiger partial charge in [0.2, 0.25) is 0 Å². The van der Waals surface area contributed by atoms with Crippen molar-refractivity contribution in [1.82, 2.24) is 5.32 Å². The highest BCUT2D eigenvalue weighted by Crippen LogP contribution is 2.34. The first-order valence-corrected chi connectivity index (χ1v) is 6.32. The van der Waals surface area contributed by atoms with Crippen molar-refractivity contribution in [2.75, 3.05) is 6.26 Å². The minimum Gasteiger partial charge on any atom is -0.271 e. The Morgan fingerprint density at radius 1 is 1.67 bits per heavy atom. The summed E-state index contributed by atoms with van der Waals surface area (Å²) in [5, 5.41) is 22.4. The summed E-state index contributed by atoms with van der Waals surface area (Å²) in [5.74, 6) is 0. The molecule has 0 bridgehead atoms. The summed E-state index contributed by atoms with van der Waals surface area (Å²) in [5.41, 5.74) is 0.572. The molecule has 0 heterocycles. The number of benzene rings is 1. The normalized spacial score (nSPS) is 10.9. The van der Waals surface area contributed by atoms with Gasteiger partial charge in [-0.15, -0.1) is 0 Å². The second-order valence-electron chi connectivity index (χ2n) is 3.21. The van der Waals surface area contributed by atoms with Gasteiger partial charge in [0, 0.05) is 11.1 Å². The van der Waals surface area contributed by atoms with Crippen LogP contribution in [-0.4, -0.2) is 16.3 Å². The van der Waals surface area contributed by atoms with Crippen molar-refractivity contribution in [3.05, 3.63) is 32.8 Å². The van der Waals surface area contributed by atoms with E-state index >= 15 is 0 Å². The Morgan fingerprint density at radius 3 is 2.83 bits per heavy atom. The highest BCUT2D eigenvalue weighted by atomic mass is 35.5. The van der Waals surface area contributed by atoms with Gasteiger partial charge < -0.3 is 0 Å². The summed E-state index contributed by atoms with van der Waals surface area (Å²) >= 11 is 6.96. The molecule has 1 aromatic carbocycles. The zero-order valence-corrected chi connectivity index (χ0v) is 11.2. The average molecular weight is 285 g/mol. The van der Waals surface area contributed by atoms with Crippen molar-refractivity contribution in [1.29, 1.82) is 5.26 Å². The maximum atomic E-state index is 10.9. The number of hydrogen-bond acceptors (Lipinski definition) is 5. The monoisotopic (exact) mass is 284 g/mol. The lowest BCUT2D eigenvalue weighted by Gasteiger charge is -2.05. The van der Waals surface area contributed by atoms with Gasteiger partial charge in [-0.2, -0.15) is 5.26 Å². The fourth-order valence-corrected chi connectivity index (χ4v) is 1.87. The van der Waals surface area contributed by atoms with Crippen molar-refractivity contribution < 1.29 is 4.92 Å². The summed E-state index contributed by atoms with van der Waals surface area (Å²) in [7, 11) is 0. The number of aliphatic imine (C=N–C) groups is 1. The number of thioether (sulfide) groups is 1. The molecule has 0 aliphatic carbocycles. The standard InChI is InChI=1S/C10H9ClN4O2S/c1-6-3-7(11)4-8(15(16)17)9(6)14-10(18-2)13-5-12/h3-4H,1-2H3,(H,13,14). The molecule has 1 rings (SSSR count). The highest BCUT2D eigenvalue weighted by molar-refractivity contribution is 8.13. The Bertz CT molecular complexity index is 554. The number of aryl methyl sites for hydroxylation is 1. The van der Waals surface area contributed by atoms with E-state index < -0.39 is 4.92 Å². The summed E-state index contributed by atoms with van der Waals surface area (Å²) in [6.07, 6.45) is 3.43. The first-order valence-electron chi connectivity index (χ1n) is 4.72. The zero-order chi connectivity index (χ0) is 13.7. The topological polar surface area (TPSA) is 91.3 Å². The molecule has 0 amide bonds. The summed E-state index contributed by atoms with van der Waals surface area (Å²) < 4.78 is 0. The first-order chi connectivity index (χ1) is 8.49. The minimum atomic E-state index is -0.554. The second-order valence-corrected chi connectivity index (χ2v) is 4.44. The summed E-state index contributed by atoms with van der Waals surface area (Å²) in [6.45, 7) is 1.67. The molecule has 0 atom stereocenters. The van der Waals surface area contributed by atoms with E-state index in [0.717, 1.165) is 0 Å². The third-order valence-corrected chi connectivity index (χ3v) is 2.81. The summed E-state index contributed by atoms with van der Waals surface area (Å²) in [4.78, 5) is 14.5. The van der Waals surface area contributed by atoms with Crippen molar-refractivity contribution in [3.63, 3.8) is 0 Å². The van der Waals surface area contributed by atoms with Gasteiger partial charge in [-0.05, 0) is 24.8 Å². The fourth-order valence-electron chi connectivity index (χ4n) is 1.28. The Labute approximate surface area is 113 Å². The largest absolute Gasteiger partial charge is 0.296 e. The number of rotatable bonds is 2. The lowest BCUT2D eigenvalue weighted by molar-refractivity contribution is -0.384. The van der Waals surface area contributed by atoms with E-state index in [2.05, 4.69) is 10.3 Å². The van der Waals surface area contributed by atoms with Crippen LogP contribution in [-0.2, 0) is 0 Å². The van der Waals surface area contributed by atoms with E-state index in [-0.39, 0.29) is 21.6 Å². The van der Waals surface area contributed by atoms with Crippen LogP contribution in [0.1, 0.15) is 5.56 Å². The molecule has 1 N–H and O–H groups in total. The van der Waals surface area contributed by atoms with Gasteiger partial charge in [-0.25, -0.2) is 4.99 Å². The Kier molecular flexibility index (Phi) is 4.95. The third-order valence-electron chi connectivity index (χ3n) is 2.01. The molecule has 6 nitrogen and oxygen atoms in total. The third kappa shape index (κ3) is 3.35. The Hall–Kier alpha value is -1.78. The number of nitrogens with zero attached hydrogens (tertiary/aromatic N) is 3. The molecule has 18 heavy (non-hydrogen) atoms. The molecule has 94 valence electrons. The average Bonchev–Trinajstić information content (AvgIpc) is 2.30. The number of nitro groups is 1. The van der Waals surface area contributed by atoms with Crippen LogP contribution in [0.5, 0.6) is 0 Å². The lowest BCUT2D eigenvalue weighted by Crippen LogP contribution is -2.12. The van der Waals surface area contributed by atoms with Crippen LogP contribution in [0.15, 0.2) is 17.1 Å². The van der Waals surface area contributed by atoms with Crippen molar-refractivity contribution in [2.24, 2.45) is 4.99 Å². The van der Waals surface area contributed by atoms with E-state index in [4.69, 9.17) is 16.9 Å². The second kappa shape index (κ2) is 6.23. The predicted molar refractivity (Wildman–Crippen MR) is 72.2 cm³/mol. The molecule has 0 unspecified atom stereocenters. The molecular formula is C10H9ClN4O2S. The Morgan fingerprint density at radius 2 is 2.33 bits per heavy atom. The van der Waals surface area contributed by atoms with E-state index in [1.807, 2.05) is 0 Å². The molecule has 0 radical (unpaired) electrons. The Balaban J connectivity index is 3.39. The maximum Gasteiger partial charge on any atom is 0.296 e. The molecule has 0 aliphatic rings. The van der Waals surface area contributed by atoms with Crippen LogP contribution in [0.2, 0.25) is 5.02 Å². The number of nitro benzene ring substituents is 1. The maximum absolute atomic E-state index is 10.9. The van der Waals surface area contributed by atoms with Crippen molar-refractivity contribution in [3.8, 4) is 6.19 Å². The molecule has 0 aliphatic heterocycles. The van der Waals surface area contributed by atoms with Crippen LogP contribution in [0.3, 0.4) is 0 Å². The fraction of sp³-hybridized carbons (Fsp3) is 0.200. The van der Waals surface area contributed by atoms with Crippen LogP contribution in [0, 0.1) is 28.5 Å². The van der Waals surface area contributed by atoms with Gasteiger partial charge in [0.1, 0.15) is 5.69 Å². The van der Waals surface area contributed by atoms with Crippen molar-refractivity contribution in [2.45, 2.75) is 6.92 Å². The van der Waals surface area contributed by atoms with Crippen LogP contribution < -0.4 is 5.32 Å². The van der Waals surface area contributed by atoms with Gasteiger partial charge in [-0.1, -0.05) is 23.4 Å². The molecular weight excluding hydrogens is 276 g/mol. The molecule has 1 aromatic rings. The first kappa shape index (κ1) is 14.3. The van der Waals surface area contributed by atoms with Gasteiger partial charge >= 0.3 is 0 Å². The van der Waals surface area contributed by atoms with E-state index in [0.29, 0.717) is 5.56 Å². The van der Waals surface area contributed by atoms with Gasteiger partial charge in [0.25, 0.3) is 5.69 Å². The van der Waals surface area contributed by atoms with Crippen LogP contribution in [0.4, 0.5) is 11.4 Å². The van der Waals surface area contributed by atoms with Gasteiger partial charge in [0.05, 0.1) is 4.92 Å². The van der Waals surface area contributed by atoms with Gasteiger partial charge in [-0.3, -0.25) is 15.4 Å². The zero-order valence-electron chi connectivity index (χ0n) is 9.60. The lowest BCUT2D eigenvalue weighted by atomic mass is 10.2. The highest BCUT2D eigenvalue weighted by Gasteiger charge is 2.17. The van der Waals surface area contributed by atoms with E-state index in [1.165, 1.54) is 17.8 Å². The van der Waals surface area contributed by atoms with E-state index in [1.54, 1.807) is 25.4 Å². The number of nitrogens with one attached hydrogen (secondary N) is 1. The molecule has 0 aromatic heterocycles. The SMILES string of the molecule is CSC(=Nc1c(C)cc(Cl)cc1[N+](=O)[O-])NC#N. The van der Waals surface area contributed by atoms with E-state index in [9.17, 15) is 10.1 Å². The van der Waals surface area contributed by atoms with Gasteiger partial charge in [0.15, 0.2) is 11.4 Å². The minimum absolute atomic E-state index is 0.189. The molecule has 8 heteroatoms. The number of halogens is 1. The van der Waals surface area contributed by atoms with Crippen LogP contribution in [0.25, 0.3) is 0 Å². The molecule has 0 spiro atoms. The number of nitriles is 1. The quantitative estimate of drug-likeness (QED) is 0.225.